The molecule has 3 amide bonds. The number of carbonyl (C=O) groups excluding carboxylic acids is 2. The van der Waals surface area contributed by atoms with Crippen molar-refractivity contribution in [1.82, 2.24) is 0 Å². The van der Waals surface area contributed by atoms with E-state index in [1.54, 1.807) is 31.2 Å². The lowest BCUT2D eigenvalue weighted by molar-refractivity contribution is 0.161. The predicted octanol–water partition coefficient (Wildman–Crippen LogP) is 2.83. The Morgan fingerprint density at radius 3 is 2.56 bits per heavy atom. The van der Waals surface area contributed by atoms with Crippen molar-refractivity contribution in [3.8, 4) is 0 Å². The largest absolute Gasteiger partial charge is 0.452 e. The first-order valence-corrected chi connectivity index (χ1v) is 4.67. The molecule has 0 heterocycles. The Morgan fingerprint density at radius 2 is 1.94 bits per heavy atom. The number of hydrogen-bond acceptors (Lipinski definition) is 3. The number of ether oxygens (including phenoxy) is 1. The van der Waals surface area contributed by atoms with Gasteiger partial charge in [-0.3, -0.25) is 0 Å². The molecule has 0 saturated heterocycles. The first-order chi connectivity index (χ1) is 7.72. The van der Waals surface area contributed by atoms with Gasteiger partial charge in [0, 0.05) is 5.69 Å². The molecule has 84 valence electrons. The van der Waals surface area contributed by atoms with E-state index >= 15 is 0 Å². The summed E-state index contributed by atoms with van der Waals surface area (Å²) in [5, 5.41) is 8.63. The summed E-state index contributed by atoms with van der Waals surface area (Å²) >= 11 is 0. The highest BCUT2D eigenvalue weighted by molar-refractivity contribution is 5.90. The van der Waals surface area contributed by atoms with E-state index in [0.717, 1.165) is 0 Å². The third kappa shape index (κ3) is 4.32. The number of anilines is 1. The highest BCUT2D eigenvalue weighted by atomic mass is 16.5. The van der Waals surface area contributed by atoms with Crippen molar-refractivity contribution in [2.75, 3.05) is 11.9 Å². The van der Waals surface area contributed by atoms with Gasteiger partial charge in [-0.1, -0.05) is 28.4 Å². The second kappa shape index (κ2) is 6.28. The van der Waals surface area contributed by atoms with Crippen LogP contribution in [-0.4, -0.2) is 18.7 Å². The molecule has 1 rings (SSSR count). The maximum Gasteiger partial charge on any atom is 0.452 e. The summed E-state index contributed by atoms with van der Waals surface area (Å²) in [5.41, 5.74) is 0.579. The second-order valence-electron chi connectivity index (χ2n) is 2.70. The number of nitrogens with zero attached hydrogens (tertiary/aromatic N) is 2. The van der Waals surface area contributed by atoms with Gasteiger partial charge in [0.25, 0.3) is 0 Å². The number of carbonyl (C=O) groups is 2. The minimum Gasteiger partial charge on any atom is -0.447 e. The summed E-state index contributed by atoms with van der Waals surface area (Å²) in [7, 11) is 0. The molecule has 6 nitrogen and oxygen atoms in total. The Hall–Kier alpha value is -2.24. The normalized spacial score (nSPS) is 10.1. The van der Waals surface area contributed by atoms with E-state index < -0.39 is 12.1 Å². The summed E-state index contributed by atoms with van der Waals surface area (Å²) < 4.78 is 4.46. The standard InChI is InChI=1S/C10H11N3O3/c1-2-16-10(15)13-12-9(14)11-8-6-4-3-5-7-8/h3-7H,2H2,1H3,(H,11,14). The first-order valence-electron chi connectivity index (χ1n) is 4.67. The second-order valence-corrected chi connectivity index (χ2v) is 2.70. The van der Waals surface area contributed by atoms with Crippen LogP contribution in [0.3, 0.4) is 0 Å². The number of para-hydroxylation sites is 1. The number of hydrogen-bond donors (Lipinski definition) is 1. The lowest BCUT2D eigenvalue weighted by atomic mass is 10.3. The number of rotatable bonds is 2. The van der Waals surface area contributed by atoms with Gasteiger partial charge in [0.2, 0.25) is 0 Å². The number of amides is 3. The maximum atomic E-state index is 11.1. The molecule has 1 aromatic carbocycles. The number of nitrogens with one attached hydrogen (secondary N) is 1. The topological polar surface area (TPSA) is 80.1 Å². The average molecular weight is 221 g/mol. The van der Waals surface area contributed by atoms with E-state index in [1.807, 2.05) is 6.07 Å². The Labute approximate surface area is 92.3 Å². The Balaban J connectivity index is 2.45. The van der Waals surface area contributed by atoms with Gasteiger partial charge in [0.05, 0.1) is 6.61 Å². The fraction of sp³-hybridized carbons (Fsp3) is 0.200. The van der Waals surface area contributed by atoms with Crippen molar-refractivity contribution >= 4 is 17.8 Å². The van der Waals surface area contributed by atoms with Crippen LogP contribution < -0.4 is 5.32 Å². The van der Waals surface area contributed by atoms with Crippen LogP contribution in [0, 0.1) is 0 Å². The third-order valence-corrected chi connectivity index (χ3v) is 1.52. The van der Waals surface area contributed by atoms with E-state index in [1.165, 1.54) is 0 Å². The monoisotopic (exact) mass is 221 g/mol. The number of benzene rings is 1. The number of urea groups is 1. The quantitative estimate of drug-likeness (QED) is 0.779. The van der Waals surface area contributed by atoms with E-state index in [2.05, 4.69) is 20.3 Å². The molecule has 0 aliphatic heterocycles. The van der Waals surface area contributed by atoms with Crippen molar-refractivity contribution in [3.63, 3.8) is 0 Å². The highest BCUT2D eigenvalue weighted by Crippen LogP contribution is 2.05. The smallest absolute Gasteiger partial charge is 0.447 e. The number of azo groups is 1. The van der Waals surface area contributed by atoms with Crippen molar-refractivity contribution in [1.29, 1.82) is 0 Å². The molecular formula is C10H11N3O3. The van der Waals surface area contributed by atoms with E-state index in [4.69, 9.17) is 0 Å². The Bertz CT molecular complexity index is 390. The zero-order valence-corrected chi connectivity index (χ0v) is 8.71. The van der Waals surface area contributed by atoms with Crippen LogP contribution in [0.15, 0.2) is 40.6 Å². The molecule has 0 aliphatic carbocycles. The Kier molecular flexibility index (Phi) is 4.65. The van der Waals surface area contributed by atoms with E-state index in [0.29, 0.717) is 5.69 Å². The van der Waals surface area contributed by atoms with Crippen LogP contribution in [0.25, 0.3) is 0 Å². The molecule has 6 heteroatoms. The maximum absolute atomic E-state index is 11.1. The van der Waals surface area contributed by atoms with Crippen LogP contribution in [0.4, 0.5) is 15.3 Å². The van der Waals surface area contributed by atoms with Crippen LogP contribution in [0.5, 0.6) is 0 Å². The molecule has 1 N–H and O–H groups in total. The minimum absolute atomic E-state index is 0.193. The Morgan fingerprint density at radius 1 is 1.25 bits per heavy atom. The predicted molar refractivity (Wildman–Crippen MR) is 57.3 cm³/mol. The molecule has 0 fully saturated rings. The lowest BCUT2D eigenvalue weighted by Gasteiger charge is -1.98. The van der Waals surface area contributed by atoms with Gasteiger partial charge in [-0.05, 0) is 19.1 Å². The van der Waals surface area contributed by atoms with Crippen molar-refractivity contribution in [2.45, 2.75) is 6.92 Å². The van der Waals surface area contributed by atoms with Gasteiger partial charge in [-0.25, -0.2) is 9.59 Å². The first kappa shape index (κ1) is 11.8. The van der Waals surface area contributed by atoms with Gasteiger partial charge < -0.3 is 10.1 Å². The van der Waals surface area contributed by atoms with E-state index in [9.17, 15) is 9.59 Å². The SMILES string of the molecule is CCOC(=O)N=NC(=O)Nc1ccccc1. The molecular weight excluding hydrogens is 210 g/mol. The summed E-state index contributed by atoms with van der Waals surface area (Å²) in [5.74, 6) is 0. The van der Waals surface area contributed by atoms with Gasteiger partial charge in [0.15, 0.2) is 0 Å². The van der Waals surface area contributed by atoms with Crippen LogP contribution in [0.2, 0.25) is 0 Å². The molecule has 0 atom stereocenters. The minimum atomic E-state index is -0.884. The summed E-state index contributed by atoms with van der Waals surface area (Å²) in [6.07, 6.45) is -0.884. The molecule has 0 saturated carbocycles. The van der Waals surface area contributed by atoms with E-state index in [-0.39, 0.29) is 6.61 Å². The molecule has 0 bridgehead atoms. The molecule has 1 aromatic rings. The van der Waals surface area contributed by atoms with Crippen LogP contribution in [0.1, 0.15) is 6.92 Å². The fourth-order valence-corrected chi connectivity index (χ4v) is 0.909. The van der Waals surface area contributed by atoms with Crippen molar-refractivity contribution < 1.29 is 14.3 Å². The highest BCUT2D eigenvalue weighted by Gasteiger charge is 2.01. The van der Waals surface area contributed by atoms with Gasteiger partial charge in [-0.2, -0.15) is 0 Å². The zero-order chi connectivity index (χ0) is 11.8. The van der Waals surface area contributed by atoms with Crippen LogP contribution >= 0.6 is 0 Å². The van der Waals surface area contributed by atoms with Gasteiger partial charge >= 0.3 is 12.1 Å². The molecule has 0 spiro atoms. The van der Waals surface area contributed by atoms with Gasteiger partial charge in [-0.15, -0.1) is 0 Å². The van der Waals surface area contributed by atoms with Crippen molar-refractivity contribution in [3.05, 3.63) is 30.3 Å². The molecule has 0 aliphatic rings. The third-order valence-electron chi connectivity index (χ3n) is 1.52. The molecule has 16 heavy (non-hydrogen) atoms. The van der Waals surface area contributed by atoms with Crippen molar-refractivity contribution in [2.24, 2.45) is 10.2 Å². The average Bonchev–Trinajstić information content (AvgIpc) is 2.28. The molecule has 0 aromatic heterocycles. The fourth-order valence-electron chi connectivity index (χ4n) is 0.909. The summed E-state index contributed by atoms with van der Waals surface area (Å²) in [6.45, 7) is 1.83. The molecule has 0 radical (unpaired) electrons. The summed E-state index contributed by atoms with van der Waals surface area (Å²) in [4.78, 5) is 21.9. The zero-order valence-electron chi connectivity index (χ0n) is 8.71. The lowest BCUT2D eigenvalue weighted by Crippen LogP contribution is -2.06. The van der Waals surface area contributed by atoms with Gasteiger partial charge in [0.1, 0.15) is 0 Å². The summed E-state index contributed by atoms with van der Waals surface area (Å²) in [6, 6.07) is 8.00. The molecule has 0 unspecified atom stereocenters. The van der Waals surface area contributed by atoms with Crippen LogP contribution in [-0.2, 0) is 4.74 Å².